The van der Waals surface area contributed by atoms with Gasteiger partial charge < -0.3 is 14.5 Å². The Hall–Kier alpha value is -1.91. The highest BCUT2D eigenvalue weighted by Gasteiger charge is 2.22. The van der Waals surface area contributed by atoms with Gasteiger partial charge in [-0.15, -0.1) is 0 Å². The second kappa shape index (κ2) is 7.98. The molecular weight excluding hydrogens is 359 g/mol. The van der Waals surface area contributed by atoms with Crippen LogP contribution in [0.1, 0.15) is 5.56 Å². The number of aryl methyl sites for hydroxylation is 1. The van der Waals surface area contributed by atoms with E-state index in [0.29, 0.717) is 28.9 Å². The molecule has 2 aromatic rings. The molecule has 0 spiro atoms. The zero-order valence-electron chi connectivity index (χ0n) is 14.0. The van der Waals surface area contributed by atoms with E-state index >= 15 is 0 Å². The number of benzene rings is 2. The van der Waals surface area contributed by atoms with Crippen molar-refractivity contribution in [3.8, 4) is 5.75 Å². The molecule has 2 aromatic carbocycles. The number of halogens is 2. The van der Waals surface area contributed by atoms with Gasteiger partial charge in [0.1, 0.15) is 5.75 Å². The van der Waals surface area contributed by atoms with E-state index in [4.69, 9.17) is 27.9 Å². The SMILES string of the molecule is Cc1ccc(OCC(=O)N2CCN(c3ccc(Cl)cc3Cl)CC2)cc1. The number of piperazine rings is 1. The molecule has 0 bridgehead atoms. The molecule has 132 valence electrons. The van der Waals surface area contributed by atoms with E-state index < -0.39 is 0 Å². The van der Waals surface area contributed by atoms with Crippen molar-refractivity contribution in [2.24, 2.45) is 0 Å². The molecule has 1 aliphatic heterocycles. The molecule has 1 aliphatic rings. The van der Waals surface area contributed by atoms with Gasteiger partial charge in [0.25, 0.3) is 5.91 Å². The summed E-state index contributed by atoms with van der Waals surface area (Å²) in [4.78, 5) is 16.3. The lowest BCUT2D eigenvalue weighted by Gasteiger charge is -2.36. The number of amides is 1. The van der Waals surface area contributed by atoms with Gasteiger partial charge in [0.15, 0.2) is 6.61 Å². The van der Waals surface area contributed by atoms with E-state index in [2.05, 4.69) is 4.90 Å². The summed E-state index contributed by atoms with van der Waals surface area (Å²) < 4.78 is 5.58. The maximum atomic E-state index is 12.3. The Labute approximate surface area is 157 Å². The Morgan fingerprint density at radius 3 is 2.36 bits per heavy atom. The Bertz CT molecular complexity index is 742. The Morgan fingerprint density at radius 2 is 1.72 bits per heavy atom. The van der Waals surface area contributed by atoms with Crippen LogP contribution in [0.3, 0.4) is 0 Å². The molecule has 0 radical (unpaired) electrons. The molecule has 0 atom stereocenters. The average molecular weight is 379 g/mol. The summed E-state index contributed by atoms with van der Waals surface area (Å²) in [5.41, 5.74) is 2.12. The van der Waals surface area contributed by atoms with Crippen molar-refractivity contribution < 1.29 is 9.53 Å². The van der Waals surface area contributed by atoms with Crippen molar-refractivity contribution in [2.45, 2.75) is 6.92 Å². The van der Waals surface area contributed by atoms with Crippen molar-refractivity contribution in [1.82, 2.24) is 4.90 Å². The van der Waals surface area contributed by atoms with Crippen LogP contribution in [0.25, 0.3) is 0 Å². The molecule has 0 aromatic heterocycles. The summed E-state index contributed by atoms with van der Waals surface area (Å²) in [7, 11) is 0. The first-order valence-corrected chi connectivity index (χ1v) is 8.96. The fourth-order valence-corrected chi connectivity index (χ4v) is 3.33. The van der Waals surface area contributed by atoms with Crippen molar-refractivity contribution >= 4 is 34.8 Å². The third-order valence-electron chi connectivity index (χ3n) is 4.27. The van der Waals surface area contributed by atoms with E-state index in [1.807, 2.05) is 48.2 Å². The van der Waals surface area contributed by atoms with Crippen molar-refractivity contribution in [2.75, 3.05) is 37.7 Å². The molecule has 1 amide bonds. The van der Waals surface area contributed by atoms with Crippen LogP contribution >= 0.6 is 23.2 Å². The number of anilines is 1. The molecule has 0 N–H and O–H groups in total. The van der Waals surface area contributed by atoms with Gasteiger partial charge in [-0.05, 0) is 37.3 Å². The molecular formula is C19H20Cl2N2O2. The predicted octanol–water partition coefficient (Wildman–Crippen LogP) is 4.03. The molecule has 0 aliphatic carbocycles. The molecule has 0 saturated carbocycles. The lowest BCUT2D eigenvalue weighted by molar-refractivity contribution is -0.133. The van der Waals surface area contributed by atoms with E-state index in [1.54, 1.807) is 6.07 Å². The largest absolute Gasteiger partial charge is 0.484 e. The van der Waals surface area contributed by atoms with Crippen LogP contribution in [0, 0.1) is 6.92 Å². The summed E-state index contributed by atoms with van der Waals surface area (Å²) in [6.45, 7) is 4.84. The molecule has 6 heteroatoms. The second-order valence-corrected chi connectivity index (χ2v) is 6.91. The van der Waals surface area contributed by atoms with Gasteiger partial charge in [0, 0.05) is 31.2 Å². The summed E-state index contributed by atoms with van der Waals surface area (Å²) in [5.74, 6) is 0.716. The highest BCUT2D eigenvalue weighted by Crippen LogP contribution is 2.29. The third-order valence-corrected chi connectivity index (χ3v) is 4.80. The Kier molecular flexibility index (Phi) is 5.71. The van der Waals surface area contributed by atoms with Gasteiger partial charge in [-0.1, -0.05) is 40.9 Å². The predicted molar refractivity (Wildman–Crippen MR) is 102 cm³/mol. The lowest BCUT2D eigenvalue weighted by Crippen LogP contribution is -2.50. The molecule has 25 heavy (non-hydrogen) atoms. The van der Waals surface area contributed by atoms with Gasteiger partial charge in [0.05, 0.1) is 10.7 Å². The summed E-state index contributed by atoms with van der Waals surface area (Å²) >= 11 is 12.2. The molecule has 0 unspecified atom stereocenters. The quantitative estimate of drug-likeness (QED) is 0.804. The first kappa shape index (κ1) is 17.9. The van der Waals surface area contributed by atoms with Crippen LogP contribution in [0.5, 0.6) is 5.75 Å². The van der Waals surface area contributed by atoms with Crippen LogP contribution in [-0.2, 0) is 4.79 Å². The average Bonchev–Trinajstić information content (AvgIpc) is 2.61. The maximum Gasteiger partial charge on any atom is 0.260 e. The maximum absolute atomic E-state index is 12.3. The smallest absolute Gasteiger partial charge is 0.260 e. The summed E-state index contributed by atoms with van der Waals surface area (Å²) in [5, 5.41) is 1.26. The molecule has 1 saturated heterocycles. The van der Waals surface area contributed by atoms with Crippen LogP contribution in [0.2, 0.25) is 10.0 Å². The number of hydrogen-bond acceptors (Lipinski definition) is 3. The number of rotatable bonds is 4. The topological polar surface area (TPSA) is 32.8 Å². The second-order valence-electron chi connectivity index (χ2n) is 6.07. The highest BCUT2D eigenvalue weighted by molar-refractivity contribution is 6.36. The van der Waals surface area contributed by atoms with Gasteiger partial charge >= 0.3 is 0 Å². The van der Waals surface area contributed by atoms with Crippen molar-refractivity contribution in [3.63, 3.8) is 0 Å². The van der Waals surface area contributed by atoms with Crippen molar-refractivity contribution in [3.05, 3.63) is 58.1 Å². The first-order chi connectivity index (χ1) is 12.0. The summed E-state index contributed by atoms with van der Waals surface area (Å²) in [6.07, 6.45) is 0. The fraction of sp³-hybridized carbons (Fsp3) is 0.316. The standard InChI is InChI=1S/C19H20Cl2N2O2/c1-14-2-5-16(6-3-14)25-13-19(24)23-10-8-22(9-11-23)18-7-4-15(20)12-17(18)21/h2-7,12H,8-11,13H2,1H3. The third kappa shape index (κ3) is 4.59. The minimum atomic E-state index is 0.00225. The van der Waals surface area contributed by atoms with E-state index in [-0.39, 0.29) is 12.5 Å². The normalized spacial score (nSPS) is 14.5. The van der Waals surface area contributed by atoms with Crippen molar-refractivity contribution in [1.29, 1.82) is 0 Å². The molecule has 4 nitrogen and oxygen atoms in total. The highest BCUT2D eigenvalue weighted by atomic mass is 35.5. The monoisotopic (exact) mass is 378 g/mol. The lowest BCUT2D eigenvalue weighted by atomic mass is 10.2. The minimum absolute atomic E-state index is 0.00225. The summed E-state index contributed by atoms with van der Waals surface area (Å²) in [6, 6.07) is 13.2. The Balaban J connectivity index is 1.51. The Morgan fingerprint density at radius 1 is 1.04 bits per heavy atom. The zero-order chi connectivity index (χ0) is 17.8. The fourth-order valence-electron chi connectivity index (χ4n) is 2.81. The van der Waals surface area contributed by atoms with Gasteiger partial charge in [0.2, 0.25) is 0 Å². The zero-order valence-corrected chi connectivity index (χ0v) is 15.6. The van der Waals surface area contributed by atoms with E-state index in [9.17, 15) is 4.79 Å². The number of nitrogens with zero attached hydrogens (tertiary/aromatic N) is 2. The number of carbonyl (C=O) groups is 1. The van der Waals surface area contributed by atoms with E-state index in [1.165, 1.54) is 0 Å². The number of ether oxygens (including phenoxy) is 1. The van der Waals surface area contributed by atoms with Crippen LogP contribution < -0.4 is 9.64 Å². The number of hydrogen-bond donors (Lipinski definition) is 0. The molecule has 1 heterocycles. The van der Waals surface area contributed by atoms with Gasteiger partial charge in [-0.3, -0.25) is 4.79 Å². The minimum Gasteiger partial charge on any atom is -0.484 e. The van der Waals surface area contributed by atoms with E-state index in [0.717, 1.165) is 24.3 Å². The number of carbonyl (C=O) groups excluding carboxylic acids is 1. The molecule has 1 fully saturated rings. The van der Waals surface area contributed by atoms with Crippen LogP contribution in [0.4, 0.5) is 5.69 Å². The van der Waals surface area contributed by atoms with Gasteiger partial charge in [-0.25, -0.2) is 0 Å². The molecule has 3 rings (SSSR count). The first-order valence-electron chi connectivity index (χ1n) is 8.20. The van der Waals surface area contributed by atoms with Crippen LogP contribution in [-0.4, -0.2) is 43.6 Å². The van der Waals surface area contributed by atoms with Crippen LogP contribution in [0.15, 0.2) is 42.5 Å². The van der Waals surface area contributed by atoms with Gasteiger partial charge in [-0.2, -0.15) is 0 Å².